The summed E-state index contributed by atoms with van der Waals surface area (Å²) in [6.07, 6.45) is 6.49. The van der Waals surface area contributed by atoms with Crippen molar-refractivity contribution >= 4 is 14.6 Å². The Labute approximate surface area is 196 Å². The van der Waals surface area contributed by atoms with E-state index >= 15 is 0 Å². The summed E-state index contributed by atoms with van der Waals surface area (Å²) in [5.41, 5.74) is 4.51. The molecule has 0 bridgehead atoms. The van der Waals surface area contributed by atoms with E-state index in [1.54, 1.807) is 0 Å². The number of hydrogen-bond donors (Lipinski definition) is 0. The van der Waals surface area contributed by atoms with E-state index in [9.17, 15) is 0 Å². The first-order valence-electron chi connectivity index (χ1n) is 12.3. The van der Waals surface area contributed by atoms with Crippen molar-refractivity contribution in [1.29, 1.82) is 0 Å². The van der Waals surface area contributed by atoms with Gasteiger partial charge < -0.3 is 9.16 Å². The Morgan fingerprint density at radius 1 is 0.969 bits per heavy atom. The lowest BCUT2D eigenvalue weighted by atomic mass is 9.58. The standard InChI is InChI=1S/C29H40O2Si/c1-28(2,3)26-17-14-24-18-23(19-27(29(24,26)4)31-32(5)6)22-12-15-25(16-13-22)30-20-21-10-8-7-9-11-21/h7-13,15-16,19,24,26-27,32H,14,17-18,20H2,1-6H3/t24-,26-,27?,29-/m0/s1. The normalized spacial score (nSPS) is 27.8. The molecule has 0 heterocycles. The molecular weight excluding hydrogens is 408 g/mol. The largest absolute Gasteiger partial charge is 0.489 e. The third-order valence-electron chi connectivity index (χ3n) is 7.80. The number of rotatable bonds is 6. The number of allylic oxidation sites excluding steroid dienone is 1. The van der Waals surface area contributed by atoms with E-state index in [1.165, 1.54) is 29.5 Å². The molecule has 2 aliphatic carbocycles. The molecule has 0 amide bonds. The van der Waals surface area contributed by atoms with Crippen molar-refractivity contribution in [3.8, 4) is 5.75 Å². The minimum absolute atomic E-state index is 0.226. The quantitative estimate of drug-likeness (QED) is 0.426. The summed E-state index contributed by atoms with van der Waals surface area (Å²) in [5.74, 6) is 2.32. The van der Waals surface area contributed by atoms with Crippen molar-refractivity contribution in [3.05, 3.63) is 71.8 Å². The fourth-order valence-electron chi connectivity index (χ4n) is 6.29. The van der Waals surface area contributed by atoms with E-state index in [0.29, 0.717) is 23.9 Å². The molecule has 2 nitrogen and oxygen atoms in total. The highest BCUT2D eigenvalue weighted by Crippen LogP contribution is 2.61. The summed E-state index contributed by atoms with van der Waals surface area (Å²) in [5, 5.41) is 0. The number of benzene rings is 2. The fourth-order valence-corrected chi connectivity index (χ4v) is 7.25. The van der Waals surface area contributed by atoms with Gasteiger partial charge in [-0.05, 0) is 78.4 Å². The van der Waals surface area contributed by atoms with E-state index in [2.05, 4.69) is 95.4 Å². The highest BCUT2D eigenvalue weighted by Gasteiger charge is 2.56. The molecule has 2 aromatic carbocycles. The van der Waals surface area contributed by atoms with Crippen LogP contribution in [-0.4, -0.2) is 15.1 Å². The molecule has 0 saturated heterocycles. The summed E-state index contributed by atoms with van der Waals surface area (Å²) < 4.78 is 12.7. The SMILES string of the molecule is C[SiH](C)OC1C=C(c2ccc(OCc3ccccc3)cc2)C[C@@H]2CC[C@@H](C(C)(C)C)[C@@]12C. The maximum absolute atomic E-state index is 6.73. The molecule has 1 unspecified atom stereocenters. The lowest BCUT2D eigenvalue weighted by molar-refractivity contribution is -0.0215. The van der Waals surface area contributed by atoms with E-state index in [1.807, 2.05) is 6.07 Å². The molecule has 0 aromatic heterocycles. The van der Waals surface area contributed by atoms with Crippen LogP contribution in [0.15, 0.2) is 60.7 Å². The highest BCUT2D eigenvalue weighted by molar-refractivity contribution is 6.48. The van der Waals surface area contributed by atoms with Gasteiger partial charge in [0.1, 0.15) is 12.4 Å². The Morgan fingerprint density at radius 3 is 2.28 bits per heavy atom. The maximum atomic E-state index is 6.73. The maximum Gasteiger partial charge on any atom is 0.171 e. The Hall–Kier alpha value is -1.84. The molecule has 32 heavy (non-hydrogen) atoms. The van der Waals surface area contributed by atoms with Gasteiger partial charge in [-0.3, -0.25) is 0 Å². The summed E-state index contributed by atoms with van der Waals surface area (Å²) in [4.78, 5) is 0. The van der Waals surface area contributed by atoms with Crippen LogP contribution in [0, 0.1) is 22.7 Å². The van der Waals surface area contributed by atoms with Gasteiger partial charge in [-0.15, -0.1) is 0 Å². The summed E-state index contributed by atoms with van der Waals surface area (Å²) in [6, 6.07) is 19.0. The minimum Gasteiger partial charge on any atom is -0.489 e. The number of fused-ring (bicyclic) bond motifs is 1. The zero-order valence-electron chi connectivity index (χ0n) is 20.7. The van der Waals surface area contributed by atoms with E-state index in [4.69, 9.17) is 9.16 Å². The smallest absolute Gasteiger partial charge is 0.171 e. The second-order valence-corrected chi connectivity index (χ2v) is 13.7. The molecule has 2 aliphatic rings. The third-order valence-corrected chi connectivity index (χ3v) is 8.64. The molecule has 0 N–H and O–H groups in total. The minimum atomic E-state index is -1.15. The molecule has 4 rings (SSSR count). The van der Waals surface area contributed by atoms with Crippen LogP contribution in [0.1, 0.15) is 58.1 Å². The van der Waals surface area contributed by atoms with Crippen LogP contribution in [0.3, 0.4) is 0 Å². The average molecular weight is 449 g/mol. The van der Waals surface area contributed by atoms with Gasteiger partial charge in [0.2, 0.25) is 0 Å². The van der Waals surface area contributed by atoms with Gasteiger partial charge in [0, 0.05) is 5.41 Å². The molecule has 0 spiro atoms. The lowest BCUT2D eigenvalue weighted by Crippen LogP contribution is -2.48. The van der Waals surface area contributed by atoms with Gasteiger partial charge in [0.05, 0.1) is 6.10 Å². The molecule has 1 fully saturated rings. The predicted molar refractivity (Wildman–Crippen MR) is 137 cm³/mol. The van der Waals surface area contributed by atoms with Crippen molar-refractivity contribution in [2.75, 3.05) is 0 Å². The molecule has 172 valence electrons. The van der Waals surface area contributed by atoms with Gasteiger partial charge in [-0.25, -0.2) is 0 Å². The molecule has 2 aromatic rings. The molecule has 0 aliphatic heterocycles. The topological polar surface area (TPSA) is 18.5 Å². The van der Waals surface area contributed by atoms with Crippen molar-refractivity contribution < 1.29 is 9.16 Å². The summed E-state index contributed by atoms with van der Waals surface area (Å²) in [7, 11) is -1.15. The van der Waals surface area contributed by atoms with Crippen LogP contribution in [0.2, 0.25) is 13.1 Å². The van der Waals surface area contributed by atoms with Crippen molar-refractivity contribution in [1.82, 2.24) is 0 Å². The van der Waals surface area contributed by atoms with Crippen molar-refractivity contribution in [3.63, 3.8) is 0 Å². The van der Waals surface area contributed by atoms with Crippen LogP contribution in [0.25, 0.3) is 5.57 Å². The van der Waals surface area contributed by atoms with Gasteiger partial charge in [0.25, 0.3) is 0 Å². The molecule has 3 heteroatoms. The van der Waals surface area contributed by atoms with Crippen LogP contribution in [0.4, 0.5) is 0 Å². The second-order valence-electron chi connectivity index (χ2n) is 11.4. The Balaban J connectivity index is 1.55. The predicted octanol–water partition coefficient (Wildman–Crippen LogP) is 7.50. The monoisotopic (exact) mass is 448 g/mol. The second kappa shape index (κ2) is 9.19. The Kier molecular flexibility index (Phi) is 6.70. The first-order chi connectivity index (χ1) is 15.2. The zero-order chi connectivity index (χ0) is 22.9. The van der Waals surface area contributed by atoms with Crippen LogP contribution < -0.4 is 4.74 Å². The van der Waals surface area contributed by atoms with Crippen molar-refractivity contribution in [2.24, 2.45) is 22.7 Å². The van der Waals surface area contributed by atoms with Gasteiger partial charge in [-0.1, -0.05) is 76.2 Å². The van der Waals surface area contributed by atoms with E-state index in [-0.39, 0.29) is 11.5 Å². The van der Waals surface area contributed by atoms with Crippen molar-refractivity contribution in [2.45, 2.75) is 72.8 Å². The molecule has 4 atom stereocenters. The van der Waals surface area contributed by atoms with Gasteiger partial charge >= 0.3 is 0 Å². The van der Waals surface area contributed by atoms with E-state index in [0.717, 1.165) is 12.2 Å². The first-order valence-corrected chi connectivity index (χ1v) is 15.1. The number of ether oxygens (including phenoxy) is 1. The van der Waals surface area contributed by atoms with Crippen LogP contribution in [-0.2, 0) is 11.0 Å². The Morgan fingerprint density at radius 2 is 1.66 bits per heavy atom. The first kappa shape index (κ1) is 23.3. The van der Waals surface area contributed by atoms with Gasteiger partial charge in [0.15, 0.2) is 9.04 Å². The molecular formula is C29H40O2Si. The third kappa shape index (κ3) is 4.74. The van der Waals surface area contributed by atoms with Crippen LogP contribution in [0.5, 0.6) is 5.75 Å². The lowest BCUT2D eigenvalue weighted by Gasteiger charge is -2.50. The van der Waals surface area contributed by atoms with E-state index < -0.39 is 9.04 Å². The summed E-state index contributed by atoms with van der Waals surface area (Å²) in [6.45, 7) is 15.0. The zero-order valence-corrected chi connectivity index (χ0v) is 21.9. The average Bonchev–Trinajstić information content (AvgIpc) is 3.11. The number of hydrogen-bond acceptors (Lipinski definition) is 2. The highest BCUT2D eigenvalue weighted by atomic mass is 28.3. The molecule has 0 radical (unpaired) electrons. The van der Waals surface area contributed by atoms with Gasteiger partial charge in [-0.2, -0.15) is 0 Å². The fraction of sp³-hybridized carbons (Fsp3) is 0.517. The van der Waals surface area contributed by atoms with Crippen LogP contribution >= 0.6 is 0 Å². The Bertz CT molecular complexity index is 926. The molecule has 1 saturated carbocycles. The summed E-state index contributed by atoms with van der Waals surface area (Å²) >= 11 is 0.